The van der Waals surface area contributed by atoms with Gasteiger partial charge >= 0.3 is 0 Å². The molecule has 0 atom stereocenters. The second kappa shape index (κ2) is 4.74. The molecule has 1 aliphatic heterocycles. The van der Waals surface area contributed by atoms with Crippen LogP contribution in [-0.4, -0.2) is 16.0 Å². The number of carbonyl (C=O) groups is 1. The number of amides is 1. The van der Waals surface area contributed by atoms with E-state index in [-0.39, 0.29) is 11.7 Å². The lowest BCUT2D eigenvalue weighted by Gasteiger charge is -2.08. The van der Waals surface area contributed by atoms with Crippen LogP contribution in [0.1, 0.15) is 27.9 Å². The quantitative estimate of drug-likeness (QED) is 0.788. The molecule has 0 aliphatic carbocycles. The van der Waals surface area contributed by atoms with Crippen LogP contribution in [0.3, 0.4) is 0 Å². The first-order valence-corrected chi connectivity index (χ1v) is 6.78. The van der Waals surface area contributed by atoms with Crippen molar-refractivity contribution in [2.45, 2.75) is 20.8 Å². The molecule has 1 amide bonds. The number of rotatable bonds is 1. The van der Waals surface area contributed by atoms with Crippen LogP contribution in [0.25, 0.3) is 11.6 Å². The normalized spacial score (nSPS) is 15.2. The molecule has 1 aromatic heterocycles. The first-order chi connectivity index (χ1) is 9.99. The van der Waals surface area contributed by atoms with Crippen LogP contribution >= 0.6 is 0 Å². The fourth-order valence-electron chi connectivity index (χ4n) is 2.59. The number of aromatic hydroxyl groups is 1. The zero-order valence-electron chi connectivity index (χ0n) is 12.2. The molecule has 0 fully saturated rings. The third-order valence-electron chi connectivity index (χ3n) is 3.82. The van der Waals surface area contributed by atoms with Gasteiger partial charge in [0.25, 0.3) is 5.91 Å². The lowest BCUT2D eigenvalue weighted by Crippen LogP contribution is -2.04. The lowest BCUT2D eigenvalue weighted by molar-refractivity contribution is -0.110. The number of aryl methyl sites for hydroxylation is 2. The molecule has 0 radical (unpaired) electrons. The Balaban J connectivity index is 2.22. The molecule has 0 spiro atoms. The van der Waals surface area contributed by atoms with Crippen LogP contribution < -0.4 is 5.32 Å². The van der Waals surface area contributed by atoms with E-state index in [2.05, 4.69) is 10.3 Å². The van der Waals surface area contributed by atoms with Gasteiger partial charge in [0, 0.05) is 11.1 Å². The number of nitrogens with zero attached hydrogens (tertiary/aromatic N) is 1. The van der Waals surface area contributed by atoms with E-state index < -0.39 is 0 Å². The topological polar surface area (TPSA) is 62.2 Å². The Hall–Kier alpha value is -2.62. The maximum absolute atomic E-state index is 12.2. The zero-order valence-corrected chi connectivity index (χ0v) is 12.2. The van der Waals surface area contributed by atoms with Crippen LogP contribution in [0.2, 0.25) is 0 Å². The van der Waals surface area contributed by atoms with Crippen molar-refractivity contribution in [3.05, 3.63) is 52.2 Å². The van der Waals surface area contributed by atoms with Gasteiger partial charge < -0.3 is 10.4 Å². The van der Waals surface area contributed by atoms with Gasteiger partial charge in [-0.05, 0) is 38.0 Å². The second-order valence-electron chi connectivity index (χ2n) is 5.26. The summed E-state index contributed by atoms with van der Waals surface area (Å²) >= 11 is 0. The number of fused-ring (bicyclic) bond motifs is 1. The Morgan fingerprint density at radius 1 is 1.19 bits per heavy atom. The molecule has 2 aromatic rings. The minimum atomic E-state index is -0.186. The largest absolute Gasteiger partial charge is 0.506 e. The molecule has 21 heavy (non-hydrogen) atoms. The van der Waals surface area contributed by atoms with Gasteiger partial charge in [-0.2, -0.15) is 0 Å². The Morgan fingerprint density at radius 3 is 2.62 bits per heavy atom. The number of anilines is 1. The molecular weight excluding hydrogens is 264 g/mol. The van der Waals surface area contributed by atoms with Crippen molar-refractivity contribution in [2.24, 2.45) is 0 Å². The highest BCUT2D eigenvalue weighted by molar-refractivity contribution is 6.35. The van der Waals surface area contributed by atoms with Crippen LogP contribution in [0.4, 0.5) is 5.82 Å². The molecule has 2 N–H and O–H groups in total. The predicted octanol–water partition coefficient (Wildman–Crippen LogP) is 3.21. The maximum atomic E-state index is 12.2. The molecule has 0 bridgehead atoms. The van der Waals surface area contributed by atoms with Gasteiger partial charge in [0.2, 0.25) is 0 Å². The van der Waals surface area contributed by atoms with Gasteiger partial charge in [-0.15, -0.1) is 0 Å². The van der Waals surface area contributed by atoms with Gasteiger partial charge in [-0.25, -0.2) is 4.98 Å². The highest BCUT2D eigenvalue weighted by atomic mass is 16.3. The SMILES string of the molecule is Cc1ccccc1/C=C1\C(=O)Nc2nc(C)c(O)c(C)c21. The van der Waals surface area contributed by atoms with Crippen LogP contribution in [-0.2, 0) is 4.79 Å². The first kappa shape index (κ1) is 13.4. The molecular formula is C17H16N2O2. The summed E-state index contributed by atoms with van der Waals surface area (Å²) in [5.41, 5.74) is 4.49. The van der Waals surface area contributed by atoms with Gasteiger partial charge in [-0.3, -0.25) is 4.79 Å². The number of hydrogen-bond donors (Lipinski definition) is 2. The first-order valence-electron chi connectivity index (χ1n) is 6.78. The minimum absolute atomic E-state index is 0.140. The van der Waals surface area contributed by atoms with Gasteiger partial charge in [-0.1, -0.05) is 24.3 Å². The molecule has 4 nitrogen and oxygen atoms in total. The van der Waals surface area contributed by atoms with E-state index in [0.29, 0.717) is 28.2 Å². The highest BCUT2D eigenvalue weighted by Crippen LogP contribution is 2.39. The fourth-order valence-corrected chi connectivity index (χ4v) is 2.59. The Kier molecular flexibility index (Phi) is 3.01. The molecule has 0 unspecified atom stereocenters. The van der Waals surface area contributed by atoms with Gasteiger partial charge in [0.05, 0.1) is 11.3 Å². The Morgan fingerprint density at radius 2 is 1.90 bits per heavy atom. The summed E-state index contributed by atoms with van der Waals surface area (Å²) in [5, 5.41) is 12.8. The second-order valence-corrected chi connectivity index (χ2v) is 5.26. The van der Waals surface area contributed by atoms with Crippen molar-refractivity contribution in [3.8, 4) is 5.75 Å². The van der Waals surface area contributed by atoms with E-state index >= 15 is 0 Å². The summed E-state index contributed by atoms with van der Waals surface area (Å²) in [5.74, 6) is 0.474. The maximum Gasteiger partial charge on any atom is 0.257 e. The summed E-state index contributed by atoms with van der Waals surface area (Å²) in [6, 6.07) is 7.86. The van der Waals surface area contributed by atoms with E-state index in [1.807, 2.05) is 37.3 Å². The van der Waals surface area contributed by atoms with Crippen LogP contribution in [0.5, 0.6) is 5.75 Å². The van der Waals surface area contributed by atoms with E-state index in [0.717, 1.165) is 11.1 Å². The standard InChI is InChI=1S/C17H16N2O2/c1-9-6-4-5-7-12(9)8-13-14-10(2)15(20)11(3)18-16(14)19-17(13)21/h4-8,20H,1-3H3,(H,18,19,21)/b13-8-. The summed E-state index contributed by atoms with van der Waals surface area (Å²) in [4.78, 5) is 16.5. The lowest BCUT2D eigenvalue weighted by atomic mass is 9.98. The molecule has 0 saturated heterocycles. The zero-order chi connectivity index (χ0) is 15.1. The summed E-state index contributed by atoms with van der Waals surface area (Å²) in [6.45, 7) is 5.52. The highest BCUT2D eigenvalue weighted by Gasteiger charge is 2.29. The number of carbonyl (C=O) groups excluding carboxylic acids is 1. The molecule has 0 saturated carbocycles. The number of nitrogens with one attached hydrogen (secondary N) is 1. The van der Waals surface area contributed by atoms with E-state index in [9.17, 15) is 9.90 Å². The molecule has 4 heteroatoms. The molecule has 1 aliphatic rings. The van der Waals surface area contributed by atoms with Gasteiger partial charge in [0.1, 0.15) is 11.6 Å². The average molecular weight is 280 g/mol. The number of pyridine rings is 1. The third-order valence-corrected chi connectivity index (χ3v) is 3.82. The van der Waals surface area contributed by atoms with Crippen LogP contribution in [0.15, 0.2) is 24.3 Å². The Labute approximate surface area is 123 Å². The molecule has 3 rings (SSSR count). The predicted molar refractivity (Wildman–Crippen MR) is 83.1 cm³/mol. The van der Waals surface area contributed by atoms with Crippen molar-refractivity contribution < 1.29 is 9.90 Å². The third kappa shape index (κ3) is 2.09. The number of aromatic nitrogens is 1. The van der Waals surface area contributed by atoms with E-state index in [1.165, 1.54) is 0 Å². The van der Waals surface area contributed by atoms with Gasteiger partial charge in [0.15, 0.2) is 0 Å². The average Bonchev–Trinajstić information content (AvgIpc) is 2.75. The smallest absolute Gasteiger partial charge is 0.257 e. The van der Waals surface area contributed by atoms with Crippen molar-refractivity contribution >= 4 is 23.4 Å². The molecule has 106 valence electrons. The number of benzene rings is 1. The van der Waals surface area contributed by atoms with Crippen molar-refractivity contribution in [3.63, 3.8) is 0 Å². The minimum Gasteiger partial charge on any atom is -0.506 e. The van der Waals surface area contributed by atoms with Crippen molar-refractivity contribution in [1.29, 1.82) is 0 Å². The summed E-state index contributed by atoms with van der Waals surface area (Å²) in [7, 11) is 0. The van der Waals surface area contributed by atoms with E-state index in [4.69, 9.17) is 0 Å². The summed E-state index contributed by atoms with van der Waals surface area (Å²) < 4.78 is 0. The van der Waals surface area contributed by atoms with Crippen molar-refractivity contribution in [2.75, 3.05) is 5.32 Å². The molecule has 2 heterocycles. The fraction of sp³-hybridized carbons (Fsp3) is 0.176. The van der Waals surface area contributed by atoms with Crippen LogP contribution in [0, 0.1) is 20.8 Å². The van der Waals surface area contributed by atoms with E-state index in [1.54, 1.807) is 13.8 Å². The summed E-state index contributed by atoms with van der Waals surface area (Å²) in [6.07, 6.45) is 1.85. The molecule has 1 aromatic carbocycles. The Bertz CT molecular complexity index is 792. The van der Waals surface area contributed by atoms with Crippen molar-refractivity contribution in [1.82, 2.24) is 4.98 Å². The monoisotopic (exact) mass is 280 g/mol. The number of hydrogen-bond acceptors (Lipinski definition) is 3.